The fourth-order valence-corrected chi connectivity index (χ4v) is 2.97. The lowest BCUT2D eigenvalue weighted by Gasteiger charge is -2.31. The van der Waals surface area contributed by atoms with Crippen LogP contribution in [0.15, 0.2) is 10.7 Å². The van der Waals surface area contributed by atoms with Gasteiger partial charge in [-0.25, -0.2) is 4.68 Å². The van der Waals surface area contributed by atoms with Gasteiger partial charge in [-0.1, -0.05) is 0 Å². The maximum Gasteiger partial charge on any atom is 0.234 e. The zero-order chi connectivity index (χ0) is 12.9. The van der Waals surface area contributed by atoms with Gasteiger partial charge in [-0.05, 0) is 22.4 Å². The molecule has 2 aliphatic rings. The highest BCUT2D eigenvalue weighted by atomic mass is 79.9. The van der Waals surface area contributed by atoms with Gasteiger partial charge in [0.2, 0.25) is 11.8 Å². The van der Waals surface area contributed by atoms with Crippen molar-refractivity contribution < 1.29 is 9.59 Å². The Morgan fingerprint density at radius 2 is 2.44 bits per heavy atom. The highest BCUT2D eigenvalue weighted by Crippen LogP contribution is 2.37. The van der Waals surface area contributed by atoms with Crippen LogP contribution in [0.4, 0.5) is 5.82 Å². The van der Waals surface area contributed by atoms with Gasteiger partial charge < -0.3 is 16.4 Å². The van der Waals surface area contributed by atoms with Gasteiger partial charge >= 0.3 is 0 Å². The van der Waals surface area contributed by atoms with Crippen molar-refractivity contribution in [2.45, 2.75) is 19.0 Å². The van der Waals surface area contributed by atoms with E-state index in [1.807, 2.05) is 0 Å². The van der Waals surface area contributed by atoms with Gasteiger partial charge in [0, 0.05) is 12.6 Å². The van der Waals surface area contributed by atoms with Crippen LogP contribution >= 0.6 is 15.9 Å². The number of nitrogens with two attached hydrogens (primary N) is 1. The number of nitrogens with zero attached hydrogens (tertiary/aromatic N) is 2. The number of amides is 2. The van der Waals surface area contributed by atoms with Crippen LogP contribution in [0.1, 0.15) is 6.42 Å². The minimum absolute atomic E-state index is 0.0846. The van der Waals surface area contributed by atoms with Gasteiger partial charge in [-0.3, -0.25) is 9.59 Å². The number of carbonyl (C=O) groups is 2. The van der Waals surface area contributed by atoms with Gasteiger partial charge in [0.15, 0.2) is 0 Å². The third kappa shape index (κ3) is 1.64. The predicted octanol–water partition coefficient (Wildman–Crippen LogP) is -0.569. The van der Waals surface area contributed by atoms with Crippen molar-refractivity contribution in [3.63, 3.8) is 0 Å². The van der Waals surface area contributed by atoms with Crippen LogP contribution in [-0.2, 0) is 16.1 Å². The second-order valence-electron chi connectivity index (χ2n) is 4.78. The summed E-state index contributed by atoms with van der Waals surface area (Å²) >= 11 is 3.27. The molecule has 8 heteroatoms. The van der Waals surface area contributed by atoms with E-state index in [9.17, 15) is 9.59 Å². The Hall–Kier alpha value is -1.41. The maximum absolute atomic E-state index is 12.2. The molecule has 0 aliphatic carbocycles. The van der Waals surface area contributed by atoms with Crippen LogP contribution < -0.4 is 16.4 Å². The molecule has 1 spiro atoms. The number of anilines is 1. The molecular formula is C10H12BrN5O2. The summed E-state index contributed by atoms with van der Waals surface area (Å²) in [5, 5.41) is 10.1. The molecule has 1 aromatic heterocycles. The van der Waals surface area contributed by atoms with Gasteiger partial charge in [0.1, 0.15) is 10.4 Å². The van der Waals surface area contributed by atoms with E-state index in [2.05, 4.69) is 31.7 Å². The number of fused-ring (bicyclic) bond motifs is 1. The van der Waals surface area contributed by atoms with E-state index in [1.54, 1.807) is 10.7 Å². The molecule has 1 saturated heterocycles. The molecule has 1 aromatic rings. The number of carbonyl (C=O) groups excluding carboxylic acids is 2. The van der Waals surface area contributed by atoms with E-state index in [0.717, 1.165) is 0 Å². The SMILES string of the molecule is NC(=O)[C@@H]1CC2(CN1)Cn1nc(Br)cc1NC2=O. The average Bonchev–Trinajstić information content (AvgIpc) is 2.84. The molecular weight excluding hydrogens is 302 g/mol. The predicted molar refractivity (Wildman–Crippen MR) is 66.6 cm³/mol. The summed E-state index contributed by atoms with van der Waals surface area (Å²) < 4.78 is 2.41. The van der Waals surface area contributed by atoms with E-state index >= 15 is 0 Å². The lowest BCUT2D eigenvalue weighted by atomic mass is 9.83. The molecule has 4 N–H and O–H groups in total. The van der Waals surface area contributed by atoms with E-state index in [-0.39, 0.29) is 5.91 Å². The third-order valence-electron chi connectivity index (χ3n) is 3.55. The summed E-state index contributed by atoms with van der Waals surface area (Å²) in [7, 11) is 0. The van der Waals surface area contributed by atoms with Crippen LogP contribution in [0.5, 0.6) is 0 Å². The number of rotatable bonds is 1. The Morgan fingerprint density at radius 1 is 1.67 bits per heavy atom. The Labute approximate surface area is 111 Å². The summed E-state index contributed by atoms with van der Waals surface area (Å²) in [6.45, 7) is 0.889. The fraction of sp³-hybridized carbons (Fsp3) is 0.500. The molecule has 0 aromatic carbocycles. The maximum atomic E-state index is 12.2. The first-order valence-electron chi connectivity index (χ1n) is 5.58. The molecule has 3 heterocycles. The first kappa shape index (κ1) is 11.7. The Bertz CT molecular complexity index is 542. The zero-order valence-electron chi connectivity index (χ0n) is 9.44. The van der Waals surface area contributed by atoms with Crippen molar-refractivity contribution in [1.82, 2.24) is 15.1 Å². The first-order chi connectivity index (χ1) is 8.50. The molecule has 2 atom stereocenters. The quantitative estimate of drug-likeness (QED) is 0.646. The van der Waals surface area contributed by atoms with Crippen LogP contribution in [-0.4, -0.2) is 34.2 Å². The van der Waals surface area contributed by atoms with E-state index < -0.39 is 17.4 Å². The third-order valence-corrected chi connectivity index (χ3v) is 3.94. The Balaban J connectivity index is 1.91. The standard InChI is InChI=1S/C10H12BrN5O2/c11-6-1-7-14-9(18)10(4-16(7)15-6)2-5(8(12)17)13-3-10/h1,5,13H,2-4H2,(H2,12,17)(H,14,18)/t5-,10?/m0/s1. The van der Waals surface area contributed by atoms with Crippen LogP contribution in [0.2, 0.25) is 0 Å². The van der Waals surface area contributed by atoms with Crippen LogP contribution in [0.3, 0.4) is 0 Å². The average molecular weight is 314 g/mol. The summed E-state index contributed by atoms with van der Waals surface area (Å²) in [6.07, 6.45) is 0.408. The normalized spacial score (nSPS) is 30.3. The van der Waals surface area contributed by atoms with Crippen molar-refractivity contribution in [2.75, 3.05) is 11.9 Å². The zero-order valence-corrected chi connectivity index (χ0v) is 11.0. The molecule has 96 valence electrons. The molecule has 2 aliphatic heterocycles. The lowest BCUT2D eigenvalue weighted by Crippen LogP contribution is -2.46. The van der Waals surface area contributed by atoms with E-state index in [0.29, 0.717) is 29.9 Å². The minimum Gasteiger partial charge on any atom is -0.368 e. The van der Waals surface area contributed by atoms with E-state index in [1.165, 1.54) is 0 Å². The molecule has 1 unspecified atom stereocenters. The molecule has 18 heavy (non-hydrogen) atoms. The van der Waals surface area contributed by atoms with Crippen LogP contribution in [0, 0.1) is 5.41 Å². The number of primary amides is 1. The number of hydrogen-bond acceptors (Lipinski definition) is 4. The number of hydrogen-bond donors (Lipinski definition) is 3. The summed E-state index contributed by atoms with van der Waals surface area (Å²) in [5.74, 6) is 0.158. The van der Waals surface area contributed by atoms with Gasteiger partial charge in [0.25, 0.3) is 0 Å². The van der Waals surface area contributed by atoms with Crippen molar-refractivity contribution in [3.05, 3.63) is 10.7 Å². The van der Waals surface area contributed by atoms with E-state index in [4.69, 9.17) is 5.73 Å². The Morgan fingerprint density at radius 3 is 3.11 bits per heavy atom. The topological polar surface area (TPSA) is 102 Å². The molecule has 0 radical (unpaired) electrons. The highest BCUT2D eigenvalue weighted by Gasteiger charge is 2.49. The minimum atomic E-state index is -0.641. The van der Waals surface area contributed by atoms with Crippen molar-refractivity contribution in [3.8, 4) is 0 Å². The first-order valence-corrected chi connectivity index (χ1v) is 6.37. The number of halogens is 1. The van der Waals surface area contributed by atoms with Crippen molar-refractivity contribution in [1.29, 1.82) is 0 Å². The van der Waals surface area contributed by atoms with Crippen molar-refractivity contribution in [2.24, 2.45) is 11.1 Å². The Kier molecular flexibility index (Phi) is 2.46. The largest absolute Gasteiger partial charge is 0.368 e. The van der Waals surface area contributed by atoms with Gasteiger partial charge in [0.05, 0.1) is 18.0 Å². The highest BCUT2D eigenvalue weighted by molar-refractivity contribution is 9.10. The molecule has 0 saturated carbocycles. The monoisotopic (exact) mass is 313 g/mol. The molecule has 2 amide bonds. The van der Waals surface area contributed by atoms with Gasteiger partial charge in [-0.15, -0.1) is 0 Å². The number of aromatic nitrogens is 2. The number of nitrogens with one attached hydrogen (secondary N) is 2. The second kappa shape index (κ2) is 3.79. The molecule has 7 nitrogen and oxygen atoms in total. The van der Waals surface area contributed by atoms with Gasteiger partial charge in [-0.2, -0.15) is 5.10 Å². The molecule has 3 rings (SSSR count). The summed E-state index contributed by atoms with van der Waals surface area (Å²) in [5.41, 5.74) is 4.63. The molecule has 0 bridgehead atoms. The fourth-order valence-electron chi connectivity index (χ4n) is 2.56. The van der Waals surface area contributed by atoms with Crippen molar-refractivity contribution >= 4 is 33.6 Å². The smallest absolute Gasteiger partial charge is 0.234 e. The molecule has 1 fully saturated rings. The van der Waals surface area contributed by atoms with Crippen LogP contribution in [0.25, 0.3) is 0 Å². The lowest BCUT2D eigenvalue weighted by molar-refractivity contribution is -0.126. The summed E-state index contributed by atoms with van der Waals surface area (Å²) in [4.78, 5) is 23.4. The summed E-state index contributed by atoms with van der Waals surface area (Å²) in [6, 6.07) is 1.30. The second-order valence-corrected chi connectivity index (χ2v) is 5.60.